The third-order valence-corrected chi connectivity index (χ3v) is 5.23. The van der Waals surface area contributed by atoms with Gasteiger partial charge >= 0.3 is 12.2 Å². The van der Waals surface area contributed by atoms with E-state index in [4.69, 9.17) is 14.6 Å². The van der Waals surface area contributed by atoms with Crippen LogP contribution in [0.25, 0.3) is 0 Å². The molecule has 2 unspecified atom stereocenters. The van der Waals surface area contributed by atoms with E-state index in [0.717, 1.165) is 51.4 Å². The molecule has 0 aromatic carbocycles. The quantitative estimate of drug-likeness (QED) is 0.515. The molecule has 2 saturated heterocycles. The Morgan fingerprint density at radius 2 is 1.26 bits per heavy atom. The van der Waals surface area contributed by atoms with Crippen molar-refractivity contribution < 1.29 is 29.0 Å². The molecule has 8 heteroatoms. The van der Waals surface area contributed by atoms with Crippen molar-refractivity contribution in [2.24, 2.45) is 11.8 Å². The van der Waals surface area contributed by atoms with Gasteiger partial charge in [-0.1, -0.05) is 27.7 Å². The van der Waals surface area contributed by atoms with Gasteiger partial charge in [-0.05, 0) is 73.1 Å². The van der Waals surface area contributed by atoms with Gasteiger partial charge < -0.3 is 29.2 Å². The van der Waals surface area contributed by atoms with Crippen molar-refractivity contribution in [1.29, 1.82) is 0 Å². The minimum atomic E-state index is -0.472. The molecule has 0 aromatic rings. The van der Waals surface area contributed by atoms with Crippen molar-refractivity contribution in [1.82, 2.24) is 9.80 Å². The maximum atomic E-state index is 11.9. The van der Waals surface area contributed by atoms with Crippen LogP contribution in [0.4, 0.5) is 9.59 Å². The zero-order valence-electron chi connectivity index (χ0n) is 20.9. The molecule has 0 spiro atoms. The van der Waals surface area contributed by atoms with Crippen LogP contribution in [0.1, 0.15) is 94.9 Å². The fourth-order valence-corrected chi connectivity index (χ4v) is 3.65. The third kappa shape index (κ3) is 14.4. The first-order valence-electron chi connectivity index (χ1n) is 11.9. The molecule has 0 aliphatic carbocycles. The van der Waals surface area contributed by atoms with Crippen molar-refractivity contribution in [3.8, 4) is 0 Å². The highest BCUT2D eigenvalue weighted by Gasteiger charge is 2.27. The van der Waals surface area contributed by atoms with Crippen molar-refractivity contribution in [2.75, 3.05) is 32.8 Å². The third-order valence-electron chi connectivity index (χ3n) is 5.23. The molecule has 2 aliphatic rings. The molecule has 2 aliphatic heterocycles. The van der Waals surface area contributed by atoms with E-state index in [1.54, 1.807) is 9.80 Å². The summed E-state index contributed by atoms with van der Waals surface area (Å²) in [5.74, 6) is 0.171. The van der Waals surface area contributed by atoms with Gasteiger partial charge in [0.25, 0.3) is 0 Å². The summed E-state index contributed by atoms with van der Waals surface area (Å²) in [5.41, 5.74) is -0.918. The van der Waals surface area contributed by atoms with Crippen molar-refractivity contribution in [2.45, 2.75) is 106 Å². The highest BCUT2D eigenvalue weighted by molar-refractivity contribution is 5.69. The lowest BCUT2D eigenvalue weighted by molar-refractivity contribution is -0.111. The highest BCUT2D eigenvalue weighted by Crippen LogP contribution is 2.19. The van der Waals surface area contributed by atoms with E-state index in [1.807, 2.05) is 41.5 Å². The molecule has 2 rings (SSSR count). The van der Waals surface area contributed by atoms with Crippen molar-refractivity contribution >= 4 is 18.5 Å². The topological polar surface area (TPSA) is 96.4 Å². The first kappa shape index (κ1) is 34.3. The molecular weight excluding hydrogens is 436 g/mol. The van der Waals surface area contributed by atoms with E-state index in [9.17, 15) is 14.4 Å². The summed E-state index contributed by atoms with van der Waals surface area (Å²) < 4.78 is 10.6. The highest BCUT2D eigenvalue weighted by atomic mass is 16.6. The average Bonchev–Trinajstić information content (AvgIpc) is 3.06. The standard InChI is InChI=1S/C12H23NO3.C12H21NO3.2CH4/c2*1-12(2,3)16-11(15)13-7-5-4-6-10(8-13)9-14;;/h10,14H,4-9H2,1-3H3;9-10H,4-8H2,1-3H3;2*1H4. The number of hydrogen-bond donors (Lipinski definition) is 1. The van der Waals surface area contributed by atoms with E-state index < -0.39 is 11.2 Å². The zero-order valence-corrected chi connectivity index (χ0v) is 20.9. The zero-order chi connectivity index (χ0) is 24.4. The Bertz CT molecular complexity index is 597. The number of carbonyl (C=O) groups excluding carboxylic acids is 3. The molecule has 2 fully saturated rings. The number of aliphatic hydroxyl groups excluding tert-OH is 1. The number of likely N-dealkylation sites (tertiary alicyclic amines) is 2. The molecule has 0 radical (unpaired) electrons. The lowest BCUT2D eigenvalue weighted by atomic mass is 10.1. The minimum absolute atomic E-state index is 0. The van der Waals surface area contributed by atoms with E-state index >= 15 is 0 Å². The fraction of sp³-hybridized carbons (Fsp3) is 0.885. The van der Waals surface area contributed by atoms with Crippen LogP contribution in [0.2, 0.25) is 0 Å². The number of rotatable bonds is 2. The van der Waals surface area contributed by atoms with Crippen LogP contribution in [0.5, 0.6) is 0 Å². The summed E-state index contributed by atoms with van der Waals surface area (Å²) >= 11 is 0. The maximum absolute atomic E-state index is 11.9. The Morgan fingerprint density at radius 1 is 0.824 bits per heavy atom. The second-order valence-electron chi connectivity index (χ2n) is 10.8. The second kappa shape index (κ2) is 16.0. The van der Waals surface area contributed by atoms with Crippen LogP contribution in [0.15, 0.2) is 0 Å². The van der Waals surface area contributed by atoms with Gasteiger partial charge in [-0.2, -0.15) is 0 Å². The summed E-state index contributed by atoms with van der Waals surface area (Å²) in [7, 11) is 0. The minimum Gasteiger partial charge on any atom is -0.444 e. The Kier molecular flexibility index (Phi) is 16.1. The monoisotopic (exact) mass is 488 g/mol. The number of aldehydes is 1. The number of hydrogen-bond acceptors (Lipinski definition) is 6. The Labute approximate surface area is 208 Å². The summed E-state index contributed by atoms with van der Waals surface area (Å²) in [4.78, 5) is 37.8. The predicted molar refractivity (Wildman–Crippen MR) is 137 cm³/mol. The smallest absolute Gasteiger partial charge is 0.410 e. The van der Waals surface area contributed by atoms with E-state index in [2.05, 4.69) is 0 Å². The van der Waals surface area contributed by atoms with Crippen LogP contribution in [0.3, 0.4) is 0 Å². The molecule has 2 atom stereocenters. The Balaban J connectivity index is 0. The van der Waals surface area contributed by atoms with Gasteiger partial charge in [-0.25, -0.2) is 9.59 Å². The van der Waals surface area contributed by atoms with Gasteiger partial charge in [0.1, 0.15) is 17.5 Å². The SMILES string of the molecule is C.C.CC(C)(C)OC(=O)N1CCCCC(C=O)C1.CC(C)(C)OC(=O)N1CCCCC(CO)C1. The second-order valence-corrected chi connectivity index (χ2v) is 10.8. The van der Waals surface area contributed by atoms with E-state index in [0.29, 0.717) is 19.6 Å². The molecule has 202 valence electrons. The molecule has 34 heavy (non-hydrogen) atoms. The van der Waals surface area contributed by atoms with Gasteiger partial charge in [0, 0.05) is 38.7 Å². The molecule has 0 saturated carbocycles. The molecule has 1 N–H and O–H groups in total. The first-order chi connectivity index (χ1) is 14.8. The number of carbonyl (C=O) groups is 3. The van der Waals surface area contributed by atoms with Gasteiger partial charge in [-0.3, -0.25) is 0 Å². The lowest BCUT2D eigenvalue weighted by Crippen LogP contribution is -2.39. The van der Waals surface area contributed by atoms with Gasteiger partial charge in [0.2, 0.25) is 0 Å². The molecule has 2 amide bonds. The van der Waals surface area contributed by atoms with Crippen LogP contribution >= 0.6 is 0 Å². The number of nitrogens with zero attached hydrogens (tertiary/aromatic N) is 2. The largest absolute Gasteiger partial charge is 0.444 e. The molecule has 2 heterocycles. The lowest BCUT2D eigenvalue weighted by Gasteiger charge is -2.27. The summed E-state index contributed by atoms with van der Waals surface area (Å²) in [6, 6.07) is 0. The van der Waals surface area contributed by atoms with Crippen molar-refractivity contribution in [3.05, 3.63) is 0 Å². The molecule has 8 nitrogen and oxygen atoms in total. The Hall–Kier alpha value is -1.83. The summed E-state index contributed by atoms with van der Waals surface area (Å²) in [5, 5.41) is 9.17. The van der Waals surface area contributed by atoms with Crippen LogP contribution in [-0.2, 0) is 14.3 Å². The van der Waals surface area contributed by atoms with Crippen molar-refractivity contribution in [3.63, 3.8) is 0 Å². The van der Waals surface area contributed by atoms with Crippen LogP contribution in [-0.4, -0.2) is 77.4 Å². The van der Waals surface area contributed by atoms with E-state index in [-0.39, 0.29) is 45.5 Å². The fourth-order valence-electron chi connectivity index (χ4n) is 3.65. The molecule has 0 aromatic heterocycles. The predicted octanol–water partition coefficient (Wildman–Crippen LogP) is 5.51. The molecule has 0 bridgehead atoms. The number of amides is 2. The van der Waals surface area contributed by atoms with Gasteiger partial charge in [-0.15, -0.1) is 0 Å². The number of aliphatic hydroxyl groups is 1. The Morgan fingerprint density at radius 3 is 1.68 bits per heavy atom. The molecular formula is C26H52N2O6. The van der Waals surface area contributed by atoms with Gasteiger partial charge in [0.15, 0.2) is 0 Å². The summed E-state index contributed by atoms with van der Waals surface area (Å²) in [6.45, 7) is 13.8. The van der Waals surface area contributed by atoms with Crippen LogP contribution in [0, 0.1) is 11.8 Å². The number of ether oxygens (including phenoxy) is 2. The average molecular weight is 489 g/mol. The van der Waals surface area contributed by atoms with E-state index in [1.165, 1.54) is 0 Å². The van der Waals surface area contributed by atoms with Gasteiger partial charge in [0.05, 0.1) is 0 Å². The summed E-state index contributed by atoms with van der Waals surface area (Å²) in [6.07, 6.45) is 6.28. The van der Waals surface area contributed by atoms with Crippen LogP contribution < -0.4 is 0 Å². The normalized spacial score (nSPS) is 21.3. The maximum Gasteiger partial charge on any atom is 0.410 e. The first-order valence-corrected chi connectivity index (χ1v) is 11.9.